The summed E-state index contributed by atoms with van der Waals surface area (Å²) in [5.74, 6) is -0.838. The second-order valence-electron chi connectivity index (χ2n) is 11.6. The normalized spacial score (nSPS) is 51.6. The van der Waals surface area contributed by atoms with Crippen LogP contribution in [0.2, 0.25) is 0 Å². The molecule has 0 unspecified atom stereocenters. The summed E-state index contributed by atoms with van der Waals surface area (Å²) in [6, 6.07) is 0. The third-order valence-corrected chi connectivity index (χ3v) is 9.62. The fourth-order valence-electron chi connectivity index (χ4n) is 8.13. The van der Waals surface area contributed by atoms with E-state index in [4.69, 9.17) is 9.47 Å². The summed E-state index contributed by atoms with van der Waals surface area (Å²) in [6.07, 6.45) is 3.27. The van der Waals surface area contributed by atoms with Crippen molar-refractivity contribution in [1.82, 2.24) is 0 Å². The Labute approximate surface area is 177 Å². The molecule has 2 aliphatic heterocycles. The summed E-state index contributed by atoms with van der Waals surface area (Å²) in [5, 5.41) is 11.2. The SMILES string of the molecule is CC1(C)C(=O)CC[C@@]2(C)[C@H]1[C@H](O)C[C@]1(C)OC3=CC(=O)[C@H]4C(=O)OC[C@H]4[C@@]3(C)C[C@@H]21. The van der Waals surface area contributed by atoms with Crippen molar-refractivity contribution < 1.29 is 29.0 Å². The molecule has 5 rings (SSSR count). The van der Waals surface area contributed by atoms with E-state index in [9.17, 15) is 19.5 Å². The Hall–Kier alpha value is -1.69. The zero-order valence-electron chi connectivity index (χ0n) is 18.5. The molecule has 6 nitrogen and oxygen atoms in total. The van der Waals surface area contributed by atoms with E-state index in [-0.39, 0.29) is 41.3 Å². The van der Waals surface area contributed by atoms with Crippen molar-refractivity contribution in [2.24, 2.45) is 39.9 Å². The Balaban J connectivity index is 1.62. The number of cyclic esters (lactones) is 1. The Morgan fingerprint density at radius 1 is 1.07 bits per heavy atom. The number of carbonyl (C=O) groups is 3. The number of allylic oxidation sites excluding steroid dienone is 2. The van der Waals surface area contributed by atoms with E-state index in [0.29, 0.717) is 18.6 Å². The van der Waals surface area contributed by atoms with Gasteiger partial charge in [0, 0.05) is 47.5 Å². The lowest BCUT2D eigenvalue weighted by atomic mass is 9.41. The maximum atomic E-state index is 12.8. The number of ether oxygens (including phenoxy) is 2. The van der Waals surface area contributed by atoms with Crippen molar-refractivity contribution in [2.75, 3.05) is 6.61 Å². The number of hydrogen-bond donors (Lipinski definition) is 1. The number of hydrogen-bond acceptors (Lipinski definition) is 6. The van der Waals surface area contributed by atoms with Gasteiger partial charge in [0.05, 0.1) is 12.7 Å². The number of aliphatic hydroxyl groups excluding tert-OH is 1. The smallest absolute Gasteiger partial charge is 0.317 e. The highest BCUT2D eigenvalue weighted by Crippen LogP contribution is 2.68. The minimum absolute atomic E-state index is 0.0949. The van der Waals surface area contributed by atoms with E-state index in [2.05, 4.69) is 13.8 Å². The molecule has 2 heterocycles. The first-order valence-corrected chi connectivity index (χ1v) is 11.2. The van der Waals surface area contributed by atoms with E-state index in [0.717, 1.165) is 12.8 Å². The standard InChI is InChI=1S/C24H32O6/c1-21(2)16(27)6-7-22(3)15-10-23(4)12-11-29-20(28)18(12)13(25)8-17(23)30-24(15,5)9-14(26)19(21)22/h8,12,14-15,18-19,26H,6-7,9-11H2,1-5H3/t12-,14-,15+,18+,19+,22-,23-,24+/m1/s1. The lowest BCUT2D eigenvalue weighted by molar-refractivity contribution is -0.249. The van der Waals surface area contributed by atoms with Crippen LogP contribution in [0.1, 0.15) is 60.3 Å². The van der Waals surface area contributed by atoms with Crippen LogP contribution in [0.3, 0.4) is 0 Å². The number of carbonyl (C=O) groups excluding carboxylic acids is 3. The first kappa shape index (κ1) is 20.2. The van der Waals surface area contributed by atoms with E-state index >= 15 is 0 Å². The van der Waals surface area contributed by atoms with Crippen molar-refractivity contribution in [3.05, 3.63) is 11.8 Å². The summed E-state index contributed by atoms with van der Waals surface area (Å²) in [5.41, 5.74) is -1.97. The van der Waals surface area contributed by atoms with Gasteiger partial charge in [0.15, 0.2) is 5.78 Å². The van der Waals surface area contributed by atoms with Gasteiger partial charge in [-0.3, -0.25) is 14.4 Å². The summed E-state index contributed by atoms with van der Waals surface area (Å²) in [4.78, 5) is 37.7. The Morgan fingerprint density at radius 2 is 1.77 bits per heavy atom. The Morgan fingerprint density at radius 3 is 2.47 bits per heavy atom. The highest BCUT2D eigenvalue weighted by atomic mass is 16.5. The van der Waals surface area contributed by atoms with Gasteiger partial charge in [-0.2, -0.15) is 0 Å². The van der Waals surface area contributed by atoms with E-state index in [1.54, 1.807) is 0 Å². The van der Waals surface area contributed by atoms with Crippen LogP contribution in [0.4, 0.5) is 0 Å². The molecule has 0 aromatic rings. The van der Waals surface area contributed by atoms with Gasteiger partial charge in [-0.15, -0.1) is 0 Å². The van der Waals surface area contributed by atoms with Gasteiger partial charge in [0.25, 0.3) is 0 Å². The van der Waals surface area contributed by atoms with Crippen molar-refractivity contribution in [3.8, 4) is 0 Å². The first-order valence-electron chi connectivity index (χ1n) is 11.2. The van der Waals surface area contributed by atoms with E-state index < -0.39 is 34.4 Å². The molecule has 0 aromatic carbocycles. The largest absolute Gasteiger partial charge is 0.491 e. The minimum Gasteiger partial charge on any atom is -0.491 e. The Kier molecular flexibility index (Phi) is 3.88. The highest BCUT2D eigenvalue weighted by molar-refractivity contribution is 6.07. The van der Waals surface area contributed by atoms with Crippen molar-refractivity contribution in [3.63, 3.8) is 0 Å². The highest BCUT2D eigenvalue weighted by Gasteiger charge is 2.69. The molecule has 2 saturated carbocycles. The zero-order chi connectivity index (χ0) is 21.9. The van der Waals surface area contributed by atoms with Crippen LogP contribution in [-0.4, -0.2) is 41.0 Å². The number of rotatable bonds is 0. The summed E-state index contributed by atoms with van der Waals surface area (Å²) in [6.45, 7) is 10.5. The summed E-state index contributed by atoms with van der Waals surface area (Å²) in [7, 11) is 0. The number of esters is 1. The number of fused-ring (bicyclic) bond motifs is 6. The lowest BCUT2D eigenvalue weighted by Gasteiger charge is -2.67. The average molecular weight is 417 g/mol. The number of ketones is 2. The molecule has 5 aliphatic rings. The van der Waals surface area contributed by atoms with Crippen molar-refractivity contribution in [2.45, 2.75) is 72.0 Å². The Bertz CT molecular complexity index is 888. The molecule has 0 amide bonds. The molecule has 0 spiro atoms. The predicted molar refractivity (Wildman–Crippen MR) is 107 cm³/mol. The molecule has 1 N–H and O–H groups in total. The van der Waals surface area contributed by atoms with Crippen LogP contribution in [0, 0.1) is 39.9 Å². The fraction of sp³-hybridized carbons (Fsp3) is 0.792. The number of aliphatic hydroxyl groups is 1. The average Bonchev–Trinajstić information content (AvgIpc) is 3.02. The molecule has 30 heavy (non-hydrogen) atoms. The second-order valence-corrected chi connectivity index (χ2v) is 11.6. The zero-order valence-corrected chi connectivity index (χ0v) is 18.5. The van der Waals surface area contributed by atoms with E-state index in [1.807, 2.05) is 20.8 Å². The molecule has 4 fully saturated rings. The lowest BCUT2D eigenvalue weighted by Crippen LogP contribution is -2.68. The molecule has 2 saturated heterocycles. The predicted octanol–water partition coefficient (Wildman–Crippen LogP) is 2.82. The molecular weight excluding hydrogens is 384 g/mol. The summed E-state index contributed by atoms with van der Waals surface area (Å²) < 4.78 is 11.9. The first-order chi connectivity index (χ1) is 13.8. The molecule has 3 aliphatic carbocycles. The molecule has 0 bridgehead atoms. The number of Topliss-reactive ketones (excluding diaryl/α,β-unsaturated/α-hetero) is 1. The van der Waals surface area contributed by atoms with Crippen molar-refractivity contribution in [1.29, 1.82) is 0 Å². The van der Waals surface area contributed by atoms with Gasteiger partial charge in [-0.25, -0.2) is 0 Å². The third-order valence-electron chi connectivity index (χ3n) is 9.62. The maximum Gasteiger partial charge on any atom is 0.317 e. The second kappa shape index (κ2) is 5.76. The molecule has 0 radical (unpaired) electrons. The van der Waals surface area contributed by atoms with Crippen LogP contribution in [0.15, 0.2) is 11.8 Å². The van der Waals surface area contributed by atoms with Crippen molar-refractivity contribution >= 4 is 17.5 Å². The third kappa shape index (κ3) is 2.26. The van der Waals surface area contributed by atoms with Gasteiger partial charge in [0.1, 0.15) is 23.1 Å². The van der Waals surface area contributed by atoms with Crippen LogP contribution >= 0.6 is 0 Å². The minimum atomic E-state index is -0.742. The topological polar surface area (TPSA) is 89.9 Å². The van der Waals surface area contributed by atoms with E-state index in [1.165, 1.54) is 6.08 Å². The van der Waals surface area contributed by atoms with Gasteiger partial charge in [0.2, 0.25) is 0 Å². The molecule has 6 heteroatoms. The van der Waals surface area contributed by atoms with Gasteiger partial charge in [-0.1, -0.05) is 27.7 Å². The summed E-state index contributed by atoms with van der Waals surface area (Å²) >= 11 is 0. The molecule has 164 valence electrons. The van der Waals surface area contributed by atoms with Gasteiger partial charge in [-0.05, 0) is 25.2 Å². The maximum absolute atomic E-state index is 12.8. The van der Waals surface area contributed by atoms with Gasteiger partial charge < -0.3 is 14.6 Å². The monoisotopic (exact) mass is 416 g/mol. The van der Waals surface area contributed by atoms with Gasteiger partial charge >= 0.3 is 5.97 Å². The van der Waals surface area contributed by atoms with Crippen LogP contribution in [-0.2, 0) is 23.9 Å². The molecule has 8 atom stereocenters. The van der Waals surface area contributed by atoms with Crippen LogP contribution in [0.5, 0.6) is 0 Å². The quantitative estimate of drug-likeness (QED) is 0.482. The fourth-order valence-corrected chi connectivity index (χ4v) is 8.13. The molecule has 0 aromatic heterocycles. The molecular formula is C24H32O6. The van der Waals surface area contributed by atoms with Crippen LogP contribution < -0.4 is 0 Å². The van der Waals surface area contributed by atoms with Crippen LogP contribution in [0.25, 0.3) is 0 Å².